The largest absolute Gasteiger partial charge is 0.472 e. The molecule has 2 heterocycles. The van der Waals surface area contributed by atoms with Crippen LogP contribution in [0.5, 0.6) is 0 Å². The molecule has 128 valence electrons. The fourth-order valence-electron chi connectivity index (χ4n) is 3.03. The first-order chi connectivity index (χ1) is 12.7. The third-order valence-corrected chi connectivity index (χ3v) is 4.40. The number of nitrogens with zero attached hydrogens (tertiary/aromatic N) is 2. The van der Waals surface area contributed by atoms with E-state index in [-0.39, 0.29) is 5.91 Å². The quantitative estimate of drug-likeness (QED) is 0.525. The first kappa shape index (κ1) is 16.1. The average molecular weight is 342 g/mol. The highest BCUT2D eigenvalue weighted by Crippen LogP contribution is 2.24. The number of amides is 1. The number of aryl methyl sites for hydroxylation is 1. The fraction of sp³-hybridized carbons (Fsp3) is 0.0909. The van der Waals surface area contributed by atoms with Gasteiger partial charge < -0.3 is 9.32 Å². The number of hydrogen-bond donors (Lipinski definition) is 0. The van der Waals surface area contributed by atoms with Crippen LogP contribution >= 0.6 is 0 Å². The van der Waals surface area contributed by atoms with E-state index in [1.165, 1.54) is 12.5 Å². The van der Waals surface area contributed by atoms with Crippen molar-refractivity contribution in [1.82, 2.24) is 4.98 Å². The minimum atomic E-state index is -0.108. The number of anilines is 1. The Labute approximate surface area is 151 Å². The molecule has 0 aliphatic carbocycles. The molecule has 0 radical (unpaired) electrons. The van der Waals surface area contributed by atoms with Gasteiger partial charge in [-0.25, -0.2) is 0 Å². The van der Waals surface area contributed by atoms with Gasteiger partial charge in [-0.15, -0.1) is 0 Å². The number of carbonyl (C=O) groups excluding carboxylic acids is 1. The van der Waals surface area contributed by atoms with E-state index in [4.69, 9.17) is 9.40 Å². The monoisotopic (exact) mass is 342 g/mol. The molecule has 0 fully saturated rings. The number of hydrogen-bond acceptors (Lipinski definition) is 3. The zero-order chi connectivity index (χ0) is 17.9. The van der Waals surface area contributed by atoms with Crippen molar-refractivity contribution in [2.75, 3.05) is 4.90 Å². The second-order valence-electron chi connectivity index (χ2n) is 6.19. The molecule has 4 rings (SSSR count). The molecule has 0 aliphatic rings. The van der Waals surface area contributed by atoms with Crippen molar-refractivity contribution in [1.29, 1.82) is 0 Å². The van der Waals surface area contributed by atoms with Crippen LogP contribution in [-0.4, -0.2) is 10.9 Å². The molecule has 4 nitrogen and oxygen atoms in total. The summed E-state index contributed by atoms with van der Waals surface area (Å²) in [4.78, 5) is 19.5. The van der Waals surface area contributed by atoms with Crippen LogP contribution in [0.25, 0.3) is 10.9 Å². The molecule has 0 saturated heterocycles. The van der Waals surface area contributed by atoms with Crippen molar-refractivity contribution < 1.29 is 9.21 Å². The van der Waals surface area contributed by atoms with Gasteiger partial charge in [-0.05, 0) is 36.8 Å². The van der Waals surface area contributed by atoms with Crippen LogP contribution in [0.4, 0.5) is 5.69 Å². The van der Waals surface area contributed by atoms with Crippen molar-refractivity contribution in [3.63, 3.8) is 0 Å². The number of benzene rings is 2. The van der Waals surface area contributed by atoms with E-state index >= 15 is 0 Å². The Kier molecular flexibility index (Phi) is 4.23. The van der Waals surface area contributed by atoms with E-state index in [2.05, 4.69) is 0 Å². The predicted octanol–water partition coefficient (Wildman–Crippen LogP) is 4.98. The normalized spacial score (nSPS) is 10.8. The fourth-order valence-corrected chi connectivity index (χ4v) is 3.03. The van der Waals surface area contributed by atoms with E-state index in [1.807, 2.05) is 67.6 Å². The molecule has 4 aromatic rings. The average Bonchev–Trinajstić information content (AvgIpc) is 3.21. The summed E-state index contributed by atoms with van der Waals surface area (Å²) >= 11 is 0. The van der Waals surface area contributed by atoms with Crippen LogP contribution < -0.4 is 4.90 Å². The van der Waals surface area contributed by atoms with Crippen molar-refractivity contribution in [2.45, 2.75) is 13.5 Å². The summed E-state index contributed by atoms with van der Waals surface area (Å²) in [6.07, 6.45) is 2.99. The Hall–Kier alpha value is -3.40. The van der Waals surface area contributed by atoms with Gasteiger partial charge in [0.15, 0.2) is 0 Å². The van der Waals surface area contributed by atoms with Gasteiger partial charge in [0.05, 0.1) is 29.6 Å². The van der Waals surface area contributed by atoms with Gasteiger partial charge in [-0.3, -0.25) is 9.78 Å². The number of fused-ring (bicyclic) bond motifs is 1. The molecule has 4 heteroatoms. The number of rotatable bonds is 4. The molecule has 0 spiro atoms. The van der Waals surface area contributed by atoms with Crippen LogP contribution in [0.15, 0.2) is 83.7 Å². The van der Waals surface area contributed by atoms with Gasteiger partial charge >= 0.3 is 0 Å². The topological polar surface area (TPSA) is 46.3 Å². The lowest BCUT2D eigenvalue weighted by molar-refractivity contribution is 0.0984. The van der Waals surface area contributed by atoms with Gasteiger partial charge in [0, 0.05) is 11.1 Å². The summed E-state index contributed by atoms with van der Waals surface area (Å²) in [5, 5.41) is 1.08. The third kappa shape index (κ3) is 3.09. The molecule has 0 saturated carbocycles. The van der Waals surface area contributed by atoms with Crippen molar-refractivity contribution in [3.8, 4) is 0 Å². The van der Waals surface area contributed by atoms with Crippen LogP contribution in [-0.2, 0) is 6.54 Å². The van der Waals surface area contributed by atoms with Gasteiger partial charge in [-0.2, -0.15) is 0 Å². The first-order valence-electron chi connectivity index (χ1n) is 8.47. The van der Waals surface area contributed by atoms with Gasteiger partial charge in [-0.1, -0.05) is 42.5 Å². The van der Waals surface area contributed by atoms with Crippen molar-refractivity contribution in [3.05, 3.63) is 96.1 Å². The van der Waals surface area contributed by atoms with Gasteiger partial charge in [0.2, 0.25) is 0 Å². The molecule has 0 N–H and O–H groups in total. The maximum absolute atomic E-state index is 13.1. The lowest BCUT2D eigenvalue weighted by Crippen LogP contribution is -2.31. The standard InChI is InChI=1S/C22H18N2O2/c1-16-6-2-5-9-21(16)24(22(25)18-12-13-26-15-18)14-19-11-10-17-7-3-4-8-20(17)23-19/h2-13,15H,14H2,1H3. The molecule has 1 amide bonds. The Morgan fingerprint density at radius 3 is 2.62 bits per heavy atom. The van der Waals surface area contributed by atoms with E-state index in [9.17, 15) is 4.79 Å². The van der Waals surface area contributed by atoms with E-state index < -0.39 is 0 Å². The van der Waals surface area contributed by atoms with Gasteiger partial charge in [0.25, 0.3) is 5.91 Å². The minimum absolute atomic E-state index is 0.108. The summed E-state index contributed by atoms with van der Waals surface area (Å²) in [6.45, 7) is 2.39. The van der Waals surface area contributed by atoms with Crippen molar-refractivity contribution in [2.24, 2.45) is 0 Å². The minimum Gasteiger partial charge on any atom is -0.472 e. The Balaban J connectivity index is 1.74. The predicted molar refractivity (Wildman–Crippen MR) is 102 cm³/mol. The third-order valence-electron chi connectivity index (χ3n) is 4.40. The smallest absolute Gasteiger partial charge is 0.261 e. The van der Waals surface area contributed by atoms with E-state index in [0.29, 0.717) is 12.1 Å². The molecule has 2 aromatic carbocycles. The highest BCUT2D eigenvalue weighted by molar-refractivity contribution is 6.06. The number of pyridine rings is 1. The van der Waals surface area contributed by atoms with Gasteiger partial charge in [0.1, 0.15) is 6.26 Å². The summed E-state index contributed by atoms with van der Waals surface area (Å²) in [6, 6.07) is 21.5. The maximum Gasteiger partial charge on any atom is 0.261 e. The van der Waals surface area contributed by atoms with Crippen LogP contribution in [0.1, 0.15) is 21.6 Å². The molecular weight excluding hydrogens is 324 g/mol. The molecule has 0 atom stereocenters. The van der Waals surface area contributed by atoms with Crippen LogP contribution in [0, 0.1) is 6.92 Å². The summed E-state index contributed by atoms with van der Waals surface area (Å²) < 4.78 is 5.10. The summed E-state index contributed by atoms with van der Waals surface area (Å²) in [7, 11) is 0. The Morgan fingerprint density at radius 2 is 1.81 bits per heavy atom. The number of aromatic nitrogens is 1. The zero-order valence-corrected chi connectivity index (χ0v) is 14.4. The molecule has 0 unspecified atom stereocenters. The molecule has 2 aromatic heterocycles. The lowest BCUT2D eigenvalue weighted by Gasteiger charge is -2.24. The highest BCUT2D eigenvalue weighted by Gasteiger charge is 2.21. The summed E-state index contributed by atoms with van der Waals surface area (Å²) in [5.41, 5.74) is 4.18. The number of furan rings is 1. The van der Waals surface area contributed by atoms with Crippen LogP contribution in [0.3, 0.4) is 0 Å². The number of para-hydroxylation sites is 2. The molecule has 26 heavy (non-hydrogen) atoms. The Bertz CT molecular complexity index is 1050. The van der Waals surface area contributed by atoms with E-state index in [0.717, 1.165) is 27.8 Å². The SMILES string of the molecule is Cc1ccccc1N(Cc1ccc2ccccc2n1)C(=O)c1ccoc1. The molecular formula is C22H18N2O2. The zero-order valence-electron chi connectivity index (χ0n) is 14.4. The maximum atomic E-state index is 13.1. The second-order valence-corrected chi connectivity index (χ2v) is 6.19. The first-order valence-corrected chi connectivity index (χ1v) is 8.47. The molecule has 0 bridgehead atoms. The van der Waals surface area contributed by atoms with Crippen LogP contribution in [0.2, 0.25) is 0 Å². The van der Waals surface area contributed by atoms with E-state index in [1.54, 1.807) is 11.0 Å². The number of carbonyl (C=O) groups is 1. The molecule has 0 aliphatic heterocycles. The second kappa shape index (κ2) is 6.84. The summed E-state index contributed by atoms with van der Waals surface area (Å²) in [5.74, 6) is -0.108. The lowest BCUT2D eigenvalue weighted by atomic mass is 10.1. The highest BCUT2D eigenvalue weighted by atomic mass is 16.3. The van der Waals surface area contributed by atoms with Crippen molar-refractivity contribution >= 4 is 22.5 Å². The Morgan fingerprint density at radius 1 is 1.00 bits per heavy atom.